The summed E-state index contributed by atoms with van der Waals surface area (Å²) in [7, 11) is 0. The number of rotatable bonds is 3. The fraction of sp³-hybridized carbons (Fsp3) is 0.778. The summed E-state index contributed by atoms with van der Waals surface area (Å²) in [5, 5.41) is 5.58. The van der Waals surface area contributed by atoms with E-state index in [1.807, 2.05) is 6.92 Å². The lowest BCUT2D eigenvalue weighted by Gasteiger charge is -2.46. The van der Waals surface area contributed by atoms with Crippen LogP contribution in [0.4, 0.5) is 4.79 Å². The van der Waals surface area contributed by atoms with Gasteiger partial charge in [0.05, 0.1) is 11.3 Å². The smallest absolute Gasteiger partial charge is 0.315 e. The van der Waals surface area contributed by atoms with Crippen molar-refractivity contribution in [1.82, 2.24) is 15.5 Å². The summed E-state index contributed by atoms with van der Waals surface area (Å²) in [5.74, 6) is 1.69. The van der Waals surface area contributed by atoms with Gasteiger partial charge in [-0.05, 0) is 5.75 Å². The molecule has 0 aromatic carbocycles. The molecule has 2 aliphatic rings. The van der Waals surface area contributed by atoms with Crippen molar-refractivity contribution < 1.29 is 9.59 Å². The zero-order valence-electron chi connectivity index (χ0n) is 8.71. The first-order chi connectivity index (χ1) is 7.15. The van der Waals surface area contributed by atoms with Crippen LogP contribution in [0.1, 0.15) is 6.92 Å². The highest BCUT2D eigenvalue weighted by Crippen LogP contribution is 2.23. The summed E-state index contributed by atoms with van der Waals surface area (Å²) in [6, 6.07) is -0.120. The van der Waals surface area contributed by atoms with Gasteiger partial charge in [0.15, 0.2) is 0 Å². The molecular weight excluding hydrogens is 214 g/mol. The zero-order chi connectivity index (χ0) is 10.9. The Balaban J connectivity index is 1.77. The average Bonchev–Trinajstić information content (AvgIpc) is 2.54. The van der Waals surface area contributed by atoms with Crippen molar-refractivity contribution >= 4 is 23.7 Å². The molecule has 0 unspecified atom stereocenters. The normalized spacial score (nSPS) is 22.2. The zero-order valence-corrected chi connectivity index (χ0v) is 9.52. The average molecular weight is 229 g/mol. The fourth-order valence-corrected chi connectivity index (χ4v) is 2.47. The number of nitrogens with one attached hydrogen (secondary N) is 2. The van der Waals surface area contributed by atoms with Gasteiger partial charge < -0.3 is 15.5 Å². The lowest BCUT2D eigenvalue weighted by Crippen LogP contribution is -2.70. The molecule has 0 saturated carbocycles. The Morgan fingerprint density at radius 3 is 2.87 bits per heavy atom. The van der Waals surface area contributed by atoms with Crippen LogP contribution in [-0.4, -0.2) is 53.5 Å². The van der Waals surface area contributed by atoms with E-state index in [2.05, 4.69) is 10.6 Å². The summed E-state index contributed by atoms with van der Waals surface area (Å²) < 4.78 is 0. The summed E-state index contributed by atoms with van der Waals surface area (Å²) >= 11 is 1.63. The Hall–Kier alpha value is -0.910. The molecule has 0 radical (unpaired) electrons. The maximum absolute atomic E-state index is 11.6. The molecule has 0 atom stereocenters. The van der Waals surface area contributed by atoms with Crippen molar-refractivity contribution in [2.45, 2.75) is 12.5 Å². The first kappa shape index (κ1) is 10.6. The van der Waals surface area contributed by atoms with Crippen LogP contribution in [0.5, 0.6) is 0 Å². The van der Waals surface area contributed by atoms with E-state index in [-0.39, 0.29) is 17.5 Å². The number of urea groups is 1. The molecule has 0 aromatic heterocycles. The second-order valence-electron chi connectivity index (χ2n) is 3.97. The molecule has 15 heavy (non-hydrogen) atoms. The van der Waals surface area contributed by atoms with E-state index in [4.69, 9.17) is 0 Å². The molecule has 6 heteroatoms. The van der Waals surface area contributed by atoms with Gasteiger partial charge in [0.25, 0.3) is 0 Å². The fourth-order valence-electron chi connectivity index (χ4n) is 1.91. The molecule has 0 aliphatic carbocycles. The minimum atomic E-state index is -0.177. The van der Waals surface area contributed by atoms with E-state index in [9.17, 15) is 9.59 Å². The van der Waals surface area contributed by atoms with Crippen LogP contribution < -0.4 is 10.6 Å². The van der Waals surface area contributed by atoms with Gasteiger partial charge in [-0.2, -0.15) is 11.8 Å². The number of thioether (sulfide) groups is 1. The van der Waals surface area contributed by atoms with Gasteiger partial charge in [-0.1, -0.05) is 6.92 Å². The van der Waals surface area contributed by atoms with Crippen molar-refractivity contribution in [1.29, 1.82) is 0 Å². The Kier molecular flexibility index (Phi) is 2.77. The van der Waals surface area contributed by atoms with Crippen LogP contribution in [0.15, 0.2) is 0 Å². The van der Waals surface area contributed by atoms with Gasteiger partial charge in [0.2, 0.25) is 5.91 Å². The standard InChI is InChI=1S/C9H15N3O2S/c1-2-15-3-7(13)12-5-9(6-12)4-10-8(14)11-9/h2-6H2,1H3,(H2,10,11,14). The maximum atomic E-state index is 11.6. The van der Waals surface area contributed by atoms with Crippen LogP contribution in [0.2, 0.25) is 0 Å². The minimum Gasteiger partial charge on any atom is -0.337 e. The number of nitrogens with zero attached hydrogens (tertiary/aromatic N) is 1. The van der Waals surface area contributed by atoms with Gasteiger partial charge in [0.1, 0.15) is 0 Å². The number of likely N-dealkylation sites (tertiary alicyclic amines) is 1. The Labute approximate surface area is 93.0 Å². The Bertz CT molecular complexity index is 289. The number of hydrogen-bond acceptors (Lipinski definition) is 3. The van der Waals surface area contributed by atoms with Crippen molar-refractivity contribution in [3.63, 3.8) is 0 Å². The van der Waals surface area contributed by atoms with E-state index in [1.54, 1.807) is 16.7 Å². The molecule has 1 spiro atoms. The SMILES string of the molecule is CCSCC(=O)N1CC2(CNC(=O)N2)C1. The first-order valence-electron chi connectivity index (χ1n) is 5.07. The highest BCUT2D eigenvalue weighted by atomic mass is 32.2. The molecule has 0 bridgehead atoms. The third-order valence-electron chi connectivity index (χ3n) is 2.74. The molecular formula is C9H15N3O2S. The number of carbonyl (C=O) groups excluding carboxylic acids is 2. The minimum absolute atomic E-state index is 0.120. The van der Waals surface area contributed by atoms with Crippen LogP contribution in [0, 0.1) is 0 Å². The lowest BCUT2D eigenvalue weighted by atomic mass is 9.91. The molecule has 0 aromatic rings. The number of hydrogen-bond donors (Lipinski definition) is 2. The van der Waals surface area contributed by atoms with Crippen molar-refractivity contribution in [3.05, 3.63) is 0 Å². The quantitative estimate of drug-likeness (QED) is 0.694. The van der Waals surface area contributed by atoms with Gasteiger partial charge in [-0.25, -0.2) is 4.79 Å². The predicted molar refractivity (Wildman–Crippen MR) is 58.8 cm³/mol. The lowest BCUT2D eigenvalue weighted by molar-refractivity contribution is -0.135. The second kappa shape index (κ2) is 3.92. The Morgan fingerprint density at radius 1 is 1.60 bits per heavy atom. The van der Waals surface area contributed by atoms with Gasteiger partial charge >= 0.3 is 6.03 Å². The van der Waals surface area contributed by atoms with Crippen LogP contribution in [0.3, 0.4) is 0 Å². The Morgan fingerprint density at radius 2 is 2.33 bits per heavy atom. The van der Waals surface area contributed by atoms with Gasteiger partial charge in [0, 0.05) is 19.6 Å². The maximum Gasteiger partial charge on any atom is 0.315 e. The first-order valence-corrected chi connectivity index (χ1v) is 6.22. The van der Waals surface area contributed by atoms with E-state index in [0.717, 1.165) is 5.75 Å². The second-order valence-corrected chi connectivity index (χ2v) is 5.25. The molecule has 5 nitrogen and oxygen atoms in total. The van der Waals surface area contributed by atoms with E-state index in [1.165, 1.54) is 0 Å². The molecule has 2 N–H and O–H groups in total. The molecule has 2 heterocycles. The molecule has 2 fully saturated rings. The molecule has 2 rings (SSSR count). The number of carbonyl (C=O) groups is 2. The van der Waals surface area contributed by atoms with Crippen molar-refractivity contribution in [2.75, 3.05) is 31.1 Å². The molecule has 2 saturated heterocycles. The summed E-state index contributed by atoms with van der Waals surface area (Å²) in [6.07, 6.45) is 0. The van der Waals surface area contributed by atoms with Crippen LogP contribution >= 0.6 is 11.8 Å². The van der Waals surface area contributed by atoms with E-state index in [0.29, 0.717) is 25.4 Å². The van der Waals surface area contributed by atoms with Gasteiger partial charge in [-0.3, -0.25) is 4.79 Å². The summed E-state index contributed by atoms with van der Waals surface area (Å²) in [4.78, 5) is 24.3. The van der Waals surface area contributed by atoms with E-state index >= 15 is 0 Å². The topological polar surface area (TPSA) is 61.4 Å². The summed E-state index contributed by atoms with van der Waals surface area (Å²) in [6.45, 7) is 3.97. The van der Waals surface area contributed by atoms with Crippen molar-refractivity contribution in [2.24, 2.45) is 0 Å². The third-order valence-corrected chi connectivity index (χ3v) is 3.59. The highest BCUT2D eigenvalue weighted by Gasteiger charge is 2.49. The summed E-state index contributed by atoms with van der Waals surface area (Å²) in [5.41, 5.74) is -0.177. The highest BCUT2D eigenvalue weighted by molar-refractivity contribution is 7.99. The monoisotopic (exact) mass is 229 g/mol. The molecule has 2 aliphatic heterocycles. The number of amides is 3. The predicted octanol–water partition coefficient (Wildman–Crippen LogP) is -0.367. The van der Waals surface area contributed by atoms with Crippen LogP contribution in [0.25, 0.3) is 0 Å². The van der Waals surface area contributed by atoms with Crippen molar-refractivity contribution in [3.8, 4) is 0 Å². The molecule has 3 amide bonds. The molecule has 84 valence electrons. The van der Waals surface area contributed by atoms with Gasteiger partial charge in [-0.15, -0.1) is 0 Å². The van der Waals surface area contributed by atoms with Crippen LogP contribution in [-0.2, 0) is 4.79 Å². The largest absolute Gasteiger partial charge is 0.337 e. The third kappa shape index (κ3) is 2.04. The van der Waals surface area contributed by atoms with E-state index < -0.39 is 0 Å².